The lowest BCUT2D eigenvalue weighted by Gasteiger charge is -2.44. The highest BCUT2D eigenvalue weighted by atomic mass is 16.5. The number of nitrogens with zero attached hydrogens (tertiary/aromatic N) is 1. The summed E-state index contributed by atoms with van der Waals surface area (Å²) in [5.41, 5.74) is 2.92. The Morgan fingerprint density at radius 2 is 2.00 bits per heavy atom. The molecule has 1 aromatic carbocycles. The third-order valence-corrected chi connectivity index (χ3v) is 3.92. The van der Waals surface area contributed by atoms with Crippen molar-refractivity contribution in [3.8, 4) is 0 Å². The Kier molecular flexibility index (Phi) is 2.90. The van der Waals surface area contributed by atoms with Crippen molar-refractivity contribution in [2.24, 2.45) is 5.41 Å². The van der Waals surface area contributed by atoms with Crippen molar-refractivity contribution < 1.29 is 9.84 Å². The second kappa shape index (κ2) is 4.41. The summed E-state index contributed by atoms with van der Waals surface area (Å²) in [6.45, 7) is 4.73. The fourth-order valence-electron chi connectivity index (χ4n) is 2.79. The average molecular weight is 233 g/mol. The van der Waals surface area contributed by atoms with E-state index in [4.69, 9.17) is 4.74 Å². The van der Waals surface area contributed by atoms with Crippen molar-refractivity contribution in [1.82, 2.24) is 4.90 Å². The van der Waals surface area contributed by atoms with Gasteiger partial charge in [0, 0.05) is 19.6 Å². The minimum absolute atomic E-state index is 0.00623. The smallest absolute Gasteiger partial charge is 0.0579 e. The van der Waals surface area contributed by atoms with E-state index in [2.05, 4.69) is 29.2 Å². The third kappa shape index (κ3) is 2.10. The first-order valence-corrected chi connectivity index (χ1v) is 6.29. The van der Waals surface area contributed by atoms with Crippen LogP contribution >= 0.6 is 0 Å². The molecule has 2 aliphatic heterocycles. The van der Waals surface area contributed by atoms with E-state index < -0.39 is 0 Å². The van der Waals surface area contributed by atoms with Crippen LogP contribution in [0.4, 0.5) is 0 Å². The van der Waals surface area contributed by atoms with Crippen molar-refractivity contribution in [2.45, 2.75) is 13.0 Å². The average Bonchev–Trinajstić information content (AvgIpc) is 2.34. The van der Waals surface area contributed by atoms with Crippen LogP contribution in [0.25, 0.3) is 0 Å². The molecule has 1 N–H and O–H groups in total. The van der Waals surface area contributed by atoms with Gasteiger partial charge < -0.3 is 9.84 Å². The van der Waals surface area contributed by atoms with Crippen LogP contribution in [0.5, 0.6) is 0 Å². The number of aliphatic hydroxyl groups is 1. The maximum absolute atomic E-state index is 9.46. The maximum atomic E-state index is 9.46. The van der Waals surface area contributed by atoms with Gasteiger partial charge in [0.1, 0.15) is 0 Å². The molecule has 3 nitrogen and oxygen atoms in total. The Bertz CT molecular complexity index is 395. The van der Waals surface area contributed by atoms with Crippen LogP contribution in [0.3, 0.4) is 0 Å². The summed E-state index contributed by atoms with van der Waals surface area (Å²) in [5.74, 6) is 0. The molecule has 3 rings (SSSR count). The number of benzene rings is 1. The number of hydrogen-bond donors (Lipinski definition) is 1. The number of hydrogen-bond acceptors (Lipinski definition) is 3. The van der Waals surface area contributed by atoms with E-state index in [0.29, 0.717) is 13.2 Å². The highest BCUT2D eigenvalue weighted by molar-refractivity contribution is 5.29. The zero-order valence-electron chi connectivity index (χ0n) is 10.1. The van der Waals surface area contributed by atoms with E-state index in [1.54, 1.807) is 0 Å². The van der Waals surface area contributed by atoms with Crippen molar-refractivity contribution in [1.29, 1.82) is 0 Å². The zero-order chi connectivity index (χ0) is 11.7. The topological polar surface area (TPSA) is 32.7 Å². The lowest BCUT2D eigenvalue weighted by atomic mass is 9.85. The molecule has 1 fully saturated rings. The van der Waals surface area contributed by atoms with Crippen LogP contribution in [0, 0.1) is 5.41 Å². The van der Waals surface area contributed by atoms with Gasteiger partial charge in [-0.05, 0) is 17.5 Å². The largest absolute Gasteiger partial charge is 0.396 e. The molecule has 0 amide bonds. The quantitative estimate of drug-likeness (QED) is 0.847. The van der Waals surface area contributed by atoms with Gasteiger partial charge in [-0.3, -0.25) is 4.90 Å². The van der Waals surface area contributed by atoms with E-state index >= 15 is 0 Å². The van der Waals surface area contributed by atoms with Crippen LogP contribution in [-0.4, -0.2) is 42.9 Å². The fourth-order valence-corrected chi connectivity index (χ4v) is 2.79. The van der Waals surface area contributed by atoms with Gasteiger partial charge in [0.15, 0.2) is 0 Å². The molecule has 0 aliphatic carbocycles. The predicted molar refractivity (Wildman–Crippen MR) is 65.8 cm³/mol. The normalized spacial score (nSPS) is 22.9. The van der Waals surface area contributed by atoms with E-state index in [9.17, 15) is 5.11 Å². The van der Waals surface area contributed by atoms with Gasteiger partial charge >= 0.3 is 0 Å². The van der Waals surface area contributed by atoms with E-state index in [1.807, 2.05) is 0 Å². The predicted octanol–water partition coefficient (Wildman–Crippen LogP) is 1.05. The fraction of sp³-hybridized carbons (Fsp3) is 0.571. The molecule has 1 aromatic rings. The van der Waals surface area contributed by atoms with Crippen molar-refractivity contribution in [3.63, 3.8) is 0 Å². The first-order valence-electron chi connectivity index (χ1n) is 6.29. The Hall–Kier alpha value is -0.900. The van der Waals surface area contributed by atoms with Crippen molar-refractivity contribution in [3.05, 3.63) is 35.4 Å². The van der Waals surface area contributed by atoms with Gasteiger partial charge in [-0.2, -0.15) is 0 Å². The molecule has 0 radical (unpaired) electrons. The summed E-state index contributed by atoms with van der Waals surface area (Å²) in [4.78, 5) is 2.45. The van der Waals surface area contributed by atoms with Gasteiger partial charge in [0.2, 0.25) is 0 Å². The molecule has 0 bridgehead atoms. The number of aliphatic hydroxyl groups excluding tert-OH is 1. The Morgan fingerprint density at radius 3 is 2.65 bits per heavy atom. The van der Waals surface area contributed by atoms with Gasteiger partial charge in [-0.15, -0.1) is 0 Å². The van der Waals surface area contributed by atoms with Crippen molar-refractivity contribution in [2.75, 3.05) is 32.9 Å². The summed E-state index contributed by atoms with van der Waals surface area (Å²) in [6, 6.07) is 8.66. The summed E-state index contributed by atoms with van der Waals surface area (Å²) in [5, 5.41) is 9.46. The SMILES string of the molecule is OCC1(CN2CCc3ccccc3C2)COC1. The van der Waals surface area contributed by atoms with Crippen molar-refractivity contribution >= 4 is 0 Å². The molecule has 17 heavy (non-hydrogen) atoms. The molecule has 2 heterocycles. The van der Waals surface area contributed by atoms with Gasteiger partial charge in [0.25, 0.3) is 0 Å². The summed E-state index contributed by atoms with van der Waals surface area (Å²) in [7, 11) is 0. The molecule has 1 saturated heterocycles. The molecular formula is C14H19NO2. The van der Waals surface area contributed by atoms with E-state index in [-0.39, 0.29) is 12.0 Å². The monoisotopic (exact) mass is 233 g/mol. The maximum Gasteiger partial charge on any atom is 0.0579 e. The van der Waals surface area contributed by atoms with Gasteiger partial charge in [-0.1, -0.05) is 24.3 Å². The van der Waals surface area contributed by atoms with Crippen LogP contribution in [0.1, 0.15) is 11.1 Å². The second-order valence-electron chi connectivity index (χ2n) is 5.38. The Morgan fingerprint density at radius 1 is 1.24 bits per heavy atom. The van der Waals surface area contributed by atoms with Crippen LogP contribution in [-0.2, 0) is 17.7 Å². The van der Waals surface area contributed by atoms with Gasteiger partial charge in [0.05, 0.1) is 25.2 Å². The van der Waals surface area contributed by atoms with Crippen LogP contribution in [0.2, 0.25) is 0 Å². The zero-order valence-corrected chi connectivity index (χ0v) is 10.1. The second-order valence-corrected chi connectivity index (χ2v) is 5.38. The lowest BCUT2D eigenvalue weighted by molar-refractivity contribution is -0.149. The summed E-state index contributed by atoms with van der Waals surface area (Å²) < 4.78 is 5.25. The summed E-state index contributed by atoms with van der Waals surface area (Å²) in [6.07, 6.45) is 1.12. The molecule has 92 valence electrons. The Balaban J connectivity index is 1.68. The van der Waals surface area contributed by atoms with E-state index in [0.717, 1.165) is 26.1 Å². The molecule has 0 saturated carbocycles. The highest BCUT2D eigenvalue weighted by Gasteiger charge is 2.39. The minimum atomic E-state index is 0.00623. The molecule has 3 heteroatoms. The highest BCUT2D eigenvalue weighted by Crippen LogP contribution is 2.30. The molecule has 0 spiro atoms. The molecule has 0 aromatic heterocycles. The first kappa shape index (κ1) is 11.2. The number of rotatable bonds is 3. The van der Waals surface area contributed by atoms with Gasteiger partial charge in [-0.25, -0.2) is 0 Å². The number of ether oxygens (including phenoxy) is 1. The molecule has 0 atom stereocenters. The Labute approximate surface area is 102 Å². The molecule has 0 unspecified atom stereocenters. The van der Waals surface area contributed by atoms with E-state index in [1.165, 1.54) is 11.1 Å². The third-order valence-electron chi connectivity index (χ3n) is 3.92. The minimum Gasteiger partial charge on any atom is -0.396 e. The lowest BCUT2D eigenvalue weighted by Crippen LogP contribution is -2.53. The molecular weight excluding hydrogens is 214 g/mol. The number of fused-ring (bicyclic) bond motifs is 1. The van der Waals surface area contributed by atoms with Crippen LogP contribution < -0.4 is 0 Å². The van der Waals surface area contributed by atoms with Crippen LogP contribution in [0.15, 0.2) is 24.3 Å². The standard InChI is InChI=1S/C14H19NO2/c16-9-14(10-17-11-14)8-15-6-5-12-3-1-2-4-13(12)7-15/h1-4,16H,5-11H2. The molecule has 2 aliphatic rings. The first-order chi connectivity index (χ1) is 8.31. The summed E-state index contributed by atoms with van der Waals surface area (Å²) >= 11 is 0.